The predicted octanol–water partition coefficient (Wildman–Crippen LogP) is 5.00. The lowest BCUT2D eigenvalue weighted by Crippen LogP contribution is -2.15. The molecule has 1 heterocycles. The molecule has 3 aromatic rings. The maximum absolute atomic E-state index is 12.9. The number of aromatic nitrogens is 3. The third-order valence-electron chi connectivity index (χ3n) is 4.54. The zero-order chi connectivity index (χ0) is 24.7. The number of anilines is 1. The number of amides is 1. The first-order valence-electron chi connectivity index (χ1n) is 10.0. The highest BCUT2D eigenvalue weighted by Gasteiger charge is 2.30. The number of carbonyl (C=O) groups is 2. The topological polar surface area (TPSA) is 86.1 Å². The van der Waals surface area contributed by atoms with Crippen LogP contribution in [0, 0.1) is 0 Å². The molecular formula is C23H21F3N4O3S. The number of ketones is 1. The quantitative estimate of drug-likeness (QED) is 0.245. The lowest BCUT2D eigenvalue weighted by atomic mass is 10.1. The minimum Gasteiger partial charge on any atom is -0.486 e. The minimum absolute atomic E-state index is 0.0399. The molecule has 0 aliphatic rings. The second-order valence-electron chi connectivity index (χ2n) is 7.08. The molecule has 1 aromatic heterocycles. The Kier molecular flexibility index (Phi) is 8.11. The molecule has 34 heavy (non-hydrogen) atoms. The van der Waals surface area contributed by atoms with Crippen molar-refractivity contribution in [3.63, 3.8) is 0 Å². The van der Waals surface area contributed by atoms with Gasteiger partial charge in [0.2, 0.25) is 5.91 Å². The molecule has 0 atom stereocenters. The Morgan fingerprint density at radius 2 is 1.91 bits per heavy atom. The monoisotopic (exact) mass is 490 g/mol. The van der Waals surface area contributed by atoms with E-state index in [9.17, 15) is 22.8 Å². The number of Topliss-reactive ketones (excluding diaryl/α,β-unsaturated/α-hetero) is 1. The van der Waals surface area contributed by atoms with Gasteiger partial charge in [-0.25, -0.2) is 0 Å². The second kappa shape index (κ2) is 11.0. The molecule has 0 saturated carbocycles. The summed E-state index contributed by atoms with van der Waals surface area (Å²) >= 11 is 1.14. The van der Waals surface area contributed by atoms with Gasteiger partial charge in [-0.15, -0.1) is 16.8 Å². The summed E-state index contributed by atoms with van der Waals surface area (Å²) in [6.07, 6.45) is -2.86. The van der Waals surface area contributed by atoms with E-state index < -0.39 is 11.7 Å². The molecular weight excluding hydrogens is 469 g/mol. The van der Waals surface area contributed by atoms with Crippen LogP contribution in [0.25, 0.3) is 0 Å². The fraction of sp³-hybridized carbons (Fsp3) is 0.217. The van der Waals surface area contributed by atoms with Crippen LogP contribution in [0.2, 0.25) is 0 Å². The van der Waals surface area contributed by atoms with Crippen molar-refractivity contribution >= 4 is 29.1 Å². The highest BCUT2D eigenvalue weighted by Crippen LogP contribution is 2.31. The molecule has 0 radical (unpaired) electrons. The average molecular weight is 491 g/mol. The van der Waals surface area contributed by atoms with Crippen LogP contribution in [-0.2, 0) is 24.1 Å². The smallest absolute Gasteiger partial charge is 0.416 e. The van der Waals surface area contributed by atoms with Crippen LogP contribution in [0.3, 0.4) is 0 Å². The molecule has 0 spiro atoms. The molecule has 3 rings (SSSR count). The van der Waals surface area contributed by atoms with Gasteiger partial charge >= 0.3 is 6.18 Å². The number of hydrogen-bond donors (Lipinski definition) is 1. The Bertz CT molecular complexity index is 1180. The van der Waals surface area contributed by atoms with E-state index in [0.717, 1.165) is 23.9 Å². The van der Waals surface area contributed by atoms with Crippen molar-refractivity contribution in [2.45, 2.75) is 31.4 Å². The van der Waals surface area contributed by atoms with Gasteiger partial charge < -0.3 is 10.1 Å². The molecule has 0 bridgehead atoms. The summed E-state index contributed by atoms with van der Waals surface area (Å²) in [5.74, 6) is 0.115. The van der Waals surface area contributed by atoms with Crippen LogP contribution in [0.1, 0.15) is 28.7 Å². The highest BCUT2D eigenvalue weighted by molar-refractivity contribution is 7.99. The maximum atomic E-state index is 12.9. The molecule has 1 N–H and O–H groups in total. The second-order valence-corrected chi connectivity index (χ2v) is 8.03. The van der Waals surface area contributed by atoms with Gasteiger partial charge in [0.05, 0.1) is 11.3 Å². The molecule has 7 nitrogen and oxygen atoms in total. The largest absolute Gasteiger partial charge is 0.486 e. The zero-order valence-corrected chi connectivity index (χ0v) is 18.9. The number of carbonyl (C=O) groups excluding carboxylic acids is 2. The van der Waals surface area contributed by atoms with E-state index in [0.29, 0.717) is 28.8 Å². The molecule has 1 amide bonds. The third-order valence-corrected chi connectivity index (χ3v) is 5.51. The van der Waals surface area contributed by atoms with E-state index in [2.05, 4.69) is 22.1 Å². The Labute approximate surface area is 198 Å². The van der Waals surface area contributed by atoms with Crippen LogP contribution in [0.4, 0.5) is 18.9 Å². The van der Waals surface area contributed by atoms with Crippen molar-refractivity contribution in [2.24, 2.45) is 0 Å². The first kappa shape index (κ1) is 25.0. The fourth-order valence-electron chi connectivity index (χ4n) is 2.87. The summed E-state index contributed by atoms with van der Waals surface area (Å²) in [5.41, 5.74) is 0.291. The summed E-state index contributed by atoms with van der Waals surface area (Å²) in [6, 6.07) is 11.1. The molecule has 0 unspecified atom stereocenters. The van der Waals surface area contributed by atoms with Gasteiger partial charge in [-0.2, -0.15) is 13.2 Å². The van der Waals surface area contributed by atoms with E-state index in [1.54, 1.807) is 34.9 Å². The van der Waals surface area contributed by atoms with Crippen LogP contribution in [-0.4, -0.2) is 32.2 Å². The van der Waals surface area contributed by atoms with Crippen molar-refractivity contribution in [1.29, 1.82) is 0 Å². The number of benzene rings is 2. The van der Waals surface area contributed by atoms with Gasteiger partial charge in [-0.05, 0) is 49.4 Å². The third kappa shape index (κ3) is 6.70. The average Bonchev–Trinajstić information content (AvgIpc) is 3.18. The van der Waals surface area contributed by atoms with E-state index >= 15 is 0 Å². The number of nitrogens with one attached hydrogen (secondary N) is 1. The first-order chi connectivity index (χ1) is 16.2. The van der Waals surface area contributed by atoms with Gasteiger partial charge in [-0.3, -0.25) is 14.2 Å². The molecule has 2 aromatic carbocycles. The molecule has 0 fully saturated rings. The number of halogens is 3. The summed E-state index contributed by atoms with van der Waals surface area (Å²) in [4.78, 5) is 23.7. The van der Waals surface area contributed by atoms with Crippen LogP contribution < -0.4 is 10.1 Å². The number of ether oxygens (including phenoxy) is 1. The van der Waals surface area contributed by atoms with Gasteiger partial charge in [0.15, 0.2) is 16.8 Å². The van der Waals surface area contributed by atoms with Crippen molar-refractivity contribution < 1.29 is 27.5 Å². The number of rotatable bonds is 10. The van der Waals surface area contributed by atoms with Crippen molar-refractivity contribution in [3.05, 3.63) is 78.1 Å². The van der Waals surface area contributed by atoms with Crippen molar-refractivity contribution in [1.82, 2.24) is 14.8 Å². The molecule has 0 aliphatic carbocycles. The van der Waals surface area contributed by atoms with Gasteiger partial charge in [0.25, 0.3) is 0 Å². The highest BCUT2D eigenvalue weighted by atomic mass is 32.2. The van der Waals surface area contributed by atoms with Gasteiger partial charge in [-0.1, -0.05) is 23.9 Å². The summed E-state index contributed by atoms with van der Waals surface area (Å²) < 4.78 is 45.8. The summed E-state index contributed by atoms with van der Waals surface area (Å²) in [5, 5.41) is 11.3. The lowest BCUT2D eigenvalue weighted by Gasteiger charge is -2.11. The zero-order valence-electron chi connectivity index (χ0n) is 18.1. The van der Waals surface area contributed by atoms with E-state index in [4.69, 9.17) is 4.74 Å². The number of hydrogen-bond acceptors (Lipinski definition) is 6. The number of nitrogens with zero attached hydrogens (tertiary/aromatic N) is 3. The Hall–Kier alpha value is -3.60. The standard InChI is InChI=1S/C23H21F3N4O3S/c1-3-11-30-20(13-33-19-6-4-5-17(12-19)23(24,25)26)28-29-22(30)34-14-21(32)27-18-9-7-16(8-10-18)15(2)31/h3-10,12H,1,11,13-14H2,2H3,(H,27,32). The molecule has 178 valence electrons. The Balaban J connectivity index is 1.61. The Morgan fingerprint density at radius 3 is 2.56 bits per heavy atom. The maximum Gasteiger partial charge on any atom is 0.416 e. The van der Waals surface area contributed by atoms with E-state index in [1.807, 2.05) is 0 Å². The van der Waals surface area contributed by atoms with Crippen LogP contribution in [0.5, 0.6) is 5.75 Å². The summed E-state index contributed by atoms with van der Waals surface area (Å²) in [6.45, 7) is 5.36. The predicted molar refractivity (Wildman–Crippen MR) is 122 cm³/mol. The number of thioether (sulfide) groups is 1. The van der Waals surface area contributed by atoms with Crippen LogP contribution in [0.15, 0.2) is 66.3 Å². The van der Waals surface area contributed by atoms with E-state index in [1.165, 1.54) is 19.1 Å². The first-order valence-corrected chi connectivity index (χ1v) is 11.0. The summed E-state index contributed by atoms with van der Waals surface area (Å²) in [7, 11) is 0. The van der Waals surface area contributed by atoms with Crippen LogP contribution >= 0.6 is 11.8 Å². The fourth-order valence-corrected chi connectivity index (χ4v) is 3.64. The van der Waals surface area contributed by atoms with Crippen molar-refractivity contribution in [3.8, 4) is 5.75 Å². The SMILES string of the molecule is C=CCn1c(COc2cccc(C(F)(F)F)c2)nnc1SCC(=O)Nc1ccc(C(C)=O)cc1. The number of allylic oxidation sites excluding steroid dienone is 1. The Morgan fingerprint density at radius 1 is 1.18 bits per heavy atom. The minimum atomic E-state index is -4.47. The van der Waals surface area contributed by atoms with Gasteiger partial charge in [0, 0.05) is 17.8 Å². The van der Waals surface area contributed by atoms with Gasteiger partial charge in [0.1, 0.15) is 12.4 Å². The van der Waals surface area contributed by atoms with E-state index in [-0.39, 0.29) is 29.8 Å². The molecule has 11 heteroatoms. The van der Waals surface area contributed by atoms with Crippen molar-refractivity contribution in [2.75, 3.05) is 11.1 Å². The normalized spacial score (nSPS) is 11.2. The molecule has 0 aliphatic heterocycles. The number of alkyl halides is 3. The molecule has 0 saturated heterocycles. The lowest BCUT2D eigenvalue weighted by molar-refractivity contribution is -0.137.